The minimum Gasteiger partial charge on any atom is -0.391 e. The van der Waals surface area contributed by atoms with E-state index in [1.165, 1.54) is 0 Å². The largest absolute Gasteiger partial charge is 0.391 e. The van der Waals surface area contributed by atoms with Gasteiger partial charge in [-0.2, -0.15) is 0 Å². The number of rotatable bonds is 5. The third-order valence-corrected chi connectivity index (χ3v) is 5.34. The summed E-state index contributed by atoms with van der Waals surface area (Å²) < 4.78 is 2.00. The summed E-state index contributed by atoms with van der Waals surface area (Å²) in [5.41, 5.74) is 2.71. The number of carbonyl (C=O) groups excluding carboxylic acids is 1. The van der Waals surface area contributed by atoms with Gasteiger partial charge in [-0.3, -0.25) is 14.8 Å². The molecule has 0 saturated carbocycles. The zero-order valence-corrected chi connectivity index (χ0v) is 16.2. The predicted molar refractivity (Wildman–Crippen MR) is 106 cm³/mol. The number of aromatic nitrogens is 4. The second kappa shape index (κ2) is 7.67. The van der Waals surface area contributed by atoms with Crippen molar-refractivity contribution in [2.45, 2.75) is 38.8 Å². The number of amides is 1. The summed E-state index contributed by atoms with van der Waals surface area (Å²) >= 11 is 0. The summed E-state index contributed by atoms with van der Waals surface area (Å²) in [7, 11) is 0. The molecule has 4 rings (SSSR count). The number of β-amino-alcohol motifs (C(OH)–C–C–N with tert-alkyl or cyclic N) is 1. The Kier molecular flexibility index (Phi) is 5.09. The first-order valence-corrected chi connectivity index (χ1v) is 9.69. The van der Waals surface area contributed by atoms with Crippen molar-refractivity contribution < 1.29 is 9.90 Å². The molecule has 2 atom stereocenters. The normalized spacial score (nSPS) is 19.6. The van der Waals surface area contributed by atoms with E-state index < -0.39 is 6.10 Å². The van der Waals surface area contributed by atoms with Gasteiger partial charge in [-0.25, -0.2) is 4.98 Å². The number of hydrogen-bond donors (Lipinski definition) is 1. The second-order valence-electron chi connectivity index (χ2n) is 7.73. The molecule has 3 heterocycles. The van der Waals surface area contributed by atoms with Crippen molar-refractivity contribution in [1.29, 1.82) is 0 Å². The van der Waals surface area contributed by atoms with Crippen LogP contribution < -0.4 is 0 Å². The lowest BCUT2D eigenvalue weighted by Crippen LogP contribution is -2.33. The smallest absolute Gasteiger partial charge is 0.242 e. The molecule has 0 bridgehead atoms. The highest BCUT2D eigenvalue weighted by Crippen LogP contribution is 2.24. The van der Waals surface area contributed by atoms with E-state index in [1.807, 2.05) is 28.8 Å². The summed E-state index contributed by atoms with van der Waals surface area (Å²) in [6.07, 6.45) is 5.06. The highest BCUT2D eigenvalue weighted by Gasteiger charge is 2.34. The van der Waals surface area contributed by atoms with Gasteiger partial charge < -0.3 is 14.6 Å². The van der Waals surface area contributed by atoms with Gasteiger partial charge in [-0.15, -0.1) is 0 Å². The standard InChI is InChI=1S/C21H25N5O2/c1-14(2)21-24-17-5-3-4-6-18(17)26(21)13-20(28)25-11-15(19(27)12-25)9-16-10-22-7-8-23-16/h3-8,10,14-15,19,27H,9,11-13H2,1-2H3/t15-,19-/m1/s1. The van der Waals surface area contributed by atoms with Gasteiger partial charge in [-0.05, 0) is 18.6 Å². The van der Waals surface area contributed by atoms with E-state index in [9.17, 15) is 9.90 Å². The molecule has 0 unspecified atom stereocenters. The number of hydrogen-bond acceptors (Lipinski definition) is 5. The molecule has 1 aliphatic heterocycles. The van der Waals surface area contributed by atoms with Crippen molar-refractivity contribution in [2.24, 2.45) is 5.92 Å². The van der Waals surface area contributed by atoms with E-state index in [4.69, 9.17) is 4.98 Å². The van der Waals surface area contributed by atoms with Crippen molar-refractivity contribution in [2.75, 3.05) is 13.1 Å². The highest BCUT2D eigenvalue weighted by molar-refractivity contribution is 5.81. The number of likely N-dealkylation sites (tertiary alicyclic amines) is 1. The number of aliphatic hydroxyl groups is 1. The van der Waals surface area contributed by atoms with Gasteiger partial charge in [0.2, 0.25) is 5.91 Å². The number of benzene rings is 1. The molecule has 1 aromatic carbocycles. The molecular formula is C21H25N5O2. The van der Waals surface area contributed by atoms with E-state index in [0.717, 1.165) is 22.6 Å². The number of imidazole rings is 1. The predicted octanol–water partition coefficient (Wildman–Crippen LogP) is 2.01. The molecule has 0 aliphatic carbocycles. The van der Waals surface area contributed by atoms with Crippen LogP contribution in [-0.4, -0.2) is 54.6 Å². The third kappa shape index (κ3) is 3.62. The summed E-state index contributed by atoms with van der Waals surface area (Å²) in [4.78, 5) is 27.8. The fourth-order valence-corrected chi connectivity index (χ4v) is 3.90. The van der Waals surface area contributed by atoms with Crippen LogP contribution in [0.3, 0.4) is 0 Å². The molecule has 1 N–H and O–H groups in total. The maximum atomic E-state index is 13.0. The fourth-order valence-electron chi connectivity index (χ4n) is 3.90. The van der Waals surface area contributed by atoms with Crippen molar-refractivity contribution in [3.63, 3.8) is 0 Å². The Hall–Kier alpha value is -2.80. The molecule has 1 fully saturated rings. The Morgan fingerprint density at radius 2 is 2.07 bits per heavy atom. The minimum atomic E-state index is -0.546. The van der Waals surface area contributed by atoms with E-state index >= 15 is 0 Å². The van der Waals surface area contributed by atoms with Gasteiger partial charge in [0.1, 0.15) is 12.4 Å². The monoisotopic (exact) mass is 379 g/mol. The Morgan fingerprint density at radius 3 is 2.82 bits per heavy atom. The van der Waals surface area contributed by atoms with Crippen LogP contribution in [0, 0.1) is 5.92 Å². The van der Waals surface area contributed by atoms with E-state index in [0.29, 0.717) is 19.5 Å². The third-order valence-electron chi connectivity index (χ3n) is 5.34. The molecule has 3 aromatic rings. The molecule has 1 aliphatic rings. The summed E-state index contributed by atoms with van der Waals surface area (Å²) in [5.74, 6) is 1.11. The van der Waals surface area contributed by atoms with Gasteiger partial charge >= 0.3 is 0 Å². The van der Waals surface area contributed by atoms with Crippen molar-refractivity contribution in [1.82, 2.24) is 24.4 Å². The van der Waals surface area contributed by atoms with Crippen LogP contribution in [-0.2, 0) is 17.8 Å². The number of fused-ring (bicyclic) bond motifs is 1. The SMILES string of the molecule is CC(C)c1nc2ccccc2n1CC(=O)N1C[C@@H](Cc2cnccn2)[C@H](O)C1. The molecular weight excluding hydrogens is 354 g/mol. The maximum absolute atomic E-state index is 13.0. The van der Waals surface area contributed by atoms with E-state index in [2.05, 4.69) is 23.8 Å². The Labute approximate surface area is 164 Å². The summed E-state index contributed by atoms with van der Waals surface area (Å²) in [6, 6.07) is 7.89. The van der Waals surface area contributed by atoms with Crippen LogP contribution in [0.25, 0.3) is 11.0 Å². The first-order valence-electron chi connectivity index (χ1n) is 9.69. The maximum Gasteiger partial charge on any atom is 0.242 e. The average molecular weight is 379 g/mol. The number of para-hydroxylation sites is 2. The van der Waals surface area contributed by atoms with Crippen LogP contribution in [0.15, 0.2) is 42.9 Å². The quantitative estimate of drug-likeness (QED) is 0.733. The first-order chi connectivity index (χ1) is 13.5. The molecule has 7 nitrogen and oxygen atoms in total. The molecule has 146 valence electrons. The minimum absolute atomic E-state index is 0.00532. The van der Waals surface area contributed by atoms with Crippen molar-refractivity contribution in [3.05, 3.63) is 54.4 Å². The lowest BCUT2D eigenvalue weighted by Gasteiger charge is -2.18. The molecule has 7 heteroatoms. The molecule has 0 spiro atoms. The van der Waals surface area contributed by atoms with Gasteiger partial charge in [0.05, 0.1) is 22.8 Å². The van der Waals surface area contributed by atoms with E-state index in [-0.39, 0.29) is 24.3 Å². The Balaban J connectivity index is 1.50. The molecule has 0 radical (unpaired) electrons. The Morgan fingerprint density at radius 1 is 1.25 bits per heavy atom. The lowest BCUT2D eigenvalue weighted by atomic mass is 10.0. The van der Waals surface area contributed by atoms with Gasteiger partial charge in [0, 0.05) is 43.5 Å². The van der Waals surface area contributed by atoms with Crippen LogP contribution in [0.5, 0.6) is 0 Å². The van der Waals surface area contributed by atoms with Gasteiger partial charge in [0.15, 0.2) is 0 Å². The molecule has 1 saturated heterocycles. The average Bonchev–Trinajstić information content (AvgIpc) is 3.24. The molecule has 28 heavy (non-hydrogen) atoms. The fraction of sp³-hybridized carbons (Fsp3) is 0.429. The van der Waals surface area contributed by atoms with Crippen LogP contribution in [0.1, 0.15) is 31.3 Å². The van der Waals surface area contributed by atoms with E-state index in [1.54, 1.807) is 23.5 Å². The van der Waals surface area contributed by atoms with Crippen LogP contribution >= 0.6 is 0 Å². The topological polar surface area (TPSA) is 84.1 Å². The van der Waals surface area contributed by atoms with Crippen LogP contribution in [0.2, 0.25) is 0 Å². The highest BCUT2D eigenvalue weighted by atomic mass is 16.3. The van der Waals surface area contributed by atoms with Gasteiger partial charge in [-0.1, -0.05) is 26.0 Å². The Bertz CT molecular complexity index is 969. The zero-order chi connectivity index (χ0) is 19.7. The van der Waals surface area contributed by atoms with Crippen molar-refractivity contribution >= 4 is 16.9 Å². The number of carbonyl (C=O) groups is 1. The summed E-state index contributed by atoms with van der Waals surface area (Å²) in [6.45, 7) is 5.28. The zero-order valence-electron chi connectivity index (χ0n) is 16.2. The summed E-state index contributed by atoms with van der Waals surface area (Å²) in [5, 5.41) is 10.4. The second-order valence-corrected chi connectivity index (χ2v) is 7.73. The number of aliphatic hydroxyl groups excluding tert-OH is 1. The lowest BCUT2D eigenvalue weighted by molar-refractivity contribution is -0.131. The van der Waals surface area contributed by atoms with Gasteiger partial charge in [0.25, 0.3) is 0 Å². The van der Waals surface area contributed by atoms with Crippen molar-refractivity contribution in [3.8, 4) is 0 Å². The molecule has 1 amide bonds. The van der Waals surface area contributed by atoms with Crippen LogP contribution in [0.4, 0.5) is 0 Å². The molecule has 2 aromatic heterocycles. The first kappa shape index (κ1) is 18.6. The number of nitrogens with zero attached hydrogens (tertiary/aromatic N) is 5.